The Balaban J connectivity index is 1.91. The number of carboxylic acids is 1. The molecule has 0 aromatic rings. The maximum atomic E-state index is 12.2. The number of hydrogen-bond donors (Lipinski definition) is 3. The van der Waals surface area contributed by atoms with E-state index in [4.69, 9.17) is 5.11 Å². The molecule has 96 valence electrons. The second-order valence-corrected chi connectivity index (χ2v) is 5.33. The summed E-state index contributed by atoms with van der Waals surface area (Å²) in [6.07, 6.45) is 3.00. The summed E-state index contributed by atoms with van der Waals surface area (Å²) in [4.78, 5) is 23.2. The summed E-state index contributed by atoms with van der Waals surface area (Å²) in [5, 5.41) is 15.1. The van der Waals surface area contributed by atoms with Gasteiger partial charge in [0, 0.05) is 13.1 Å². The van der Waals surface area contributed by atoms with E-state index in [1.54, 1.807) is 0 Å². The predicted molar refractivity (Wildman–Crippen MR) is 62.5 cm³/mol. The number of nitrogens with one attached hydrogen (secondary N) is 2. The van der Waals surface area contributed by atoms with Crippen molar-refractivity contribution in [3.8, 4) is 0 Å². The van der Waals surface area contributed by atoms with Gasteiger partial charge in [-0.05, 0) is 32.2 Å². The van der Waals surface area contributed by atoms with Crippen molar-refractivity contribution in [3.63, 3.8) is 0 Å². The van der Waals surface area contributed by atoms with Crippen molar-refractivity contribution in [2.45, 2.75) is 32.6 Å². The van der Waals surface area contributed by atoms with Gasteiger partial charge in [0.15, 0.2) is 0 Å². The van der Waals surface area contributed by atoms with Gasteiger partial charge in [-0.2, -0.15) is 0 Å². The molecule has 1 amide bonds. The average molecular weight is 240 g/mol. The highest BCUT2D eigenvalue weighted by molar-refractivity contribution is 5.85. The number of carboxylic acid groups (broad SMARTS) is 1. The van der Waals surface area contributed by atoms with Crippen molar-refractivity contribution in [2.24, 2.45) is 10.8 Å². The summed E-state index contributed by atoms with van der Waals surface area (Å²) in [7, 11) is 0. The lowest BCUT2D eigenvalue weighted by molar-refractivity contribution is -0.143. The van der Waals surface area contributed by atoms with Crippen molar-refractivity contribution >= 4 is 11.9 Å². The van der Waals surface area contributed by atoms with Crippen LogP contribution in [0.2, 0.25) is 0 Å². The molecule has 0 bridgehead atoms. The second-order valence-electron chi connectivity index (χ2n) is 5.33. The molecule has 1 atom stereocenters. The van der Waals surface area contributed by atoms with Crippen molar-refractivity contribution in [3.05, 3.63) is 0 Å². The highest BCUT2D eigenvalue weighted by Gasteiger charge is 2.51. The molecule has 5 nitrogen and oxygen atoms in total. The summed E-state index contributed by atoms with van der Waals surface area (Å²) in [5.74, 6) is -0.773. The Morgan fingerprint density at radius 2 is 2.00 bits per heavy atom. The maximum absolute atomic E-state index is 12.2. The van der Waals surface area contributed by atoms with Gasteiger partial charge in [0.1, 0.15) is 0 Å². The van der Waals surface area contributed by atoms with Crippen LogP contribution in [0.15, 0.2) is 0 Å². The lowest BCUT2D eigenvalue weighted by Crippen LogP contribution is -2.45. The topological polar surface area (TPSA) is 78.4 Å². The Morgan fingerprint density at radius 3 is 2.41 bits per heavy atom. The number of hydrogen-bond acceptors (Lipinski definition) is 3. The van der Waals surface area contributed by atoms with E-state index < -0.39 is 11.4 Å². The molecule has 1 aliphatic heterocycles. The second kappa shape index (κ2) is 4.29. The normalized spacial score (nSPS) is 29.9. The molecule has 1 saturated carbocycles. The summed E-state index contributed by atoms with van der Waals surface area (Å²) >= 11 is 0. The predicted octanol–water partition coefficient (Wildman–Crippen LogP) is 0.357. The fourth-order valence-corrected chi connectivity index (χ4v) is 2.45. The van der Waals surface area contributed by atoms with Crippen molar-refractivity contribution in [2.75, 3.05) is 19.6 Å². The molecule has 2 rings (SSSR count). The van der Waals surface area contributed by atoms with Gasteiger partial charge < -0.3 is 15.7 Å². The third-order valence-corrected chi connectivity index (χ3v) is 4.30. The lowest BCUT2D eigenvalue weighted by atomic mass is 9.83. The van der Waals surface area contributed by atoms with E-state index in [9.17, 15) is 9.59 Å². The standard InChI is InChI=1S/C12H20N2O3/c1-2-11(5-6-13-7-11)9(15)14-8-12(3-4-12)10(16)17/h13H,2-8H2,1H3,(H,14,15)(H,16,17). The van der Waals surface area contributed by atoms with E-state index in [2.05, 4.69) is 10.6 Å². The van der Waals surface area contributed by atoms with Crippen molar-refractivity contribution < 1.29 is 14.7 Å². The van der Waals surface area contributed by atoms with E-state index in [0.717, 1.165) is 19.4 Å². The summed E-state index contributed by atoms with van der Waals surface area (Å²) in [5.41, 5.74) is -0.995. The minimum absolute atomic E-state index is 0.0116. The van der Waals surface area contributed by atoms with Crippen molar-refractivity contribution in [1.82, 2.24) is 10.6 Å². The van der Waals surface area contributed by atoms with Crippen LogP contribution in [0.4, 0.5) is 0 Å². The fourth-order valence-electron chi connectivity index (χ4n) is 2.45. The zero-order valence-electron chi connectivity index (χ0n) is 10.2. The molecule has 0 aromatic carbocycles. The van der Waals surface area contributed by atoms with Crippen LogP contribution >= 0.6 is 0 Å². The van der Waals surface area contributed by atoms with Gasteiger partial charge in [-0.3, -0.25) is 9.59 Å². The van der Waals surface area contributed by atoms with E-state index in [-0.39, 0.29) is 17.9 Å². The minimum Gasteiger partial charge on any atom is -0.481 e. The quantitative estimate of drug-likeness (QED) is 0.648. The van der Waals surface area contributed by atoms with Gasteiger partial charge >= 0.3 is 5.97 Å². The van der Waals surface area contributed by atoms with Crippen LogP contribution in [0.25, 0.3) is 0 Å². The first-order valence-electron chi connectivity index (χ1n) is 6.27. The fraction of sp³-hybridized carbons (Fsp3) is 0.833. The van der Waals surface area contributed by atoms with Crippen LogP contribution in [-0.2, 0) is 9.59 Å². The van der Waals surface area contributed by atoms with Gasteiger partial charge in [-0.25, -0.2) is 0 Å². The molecule has 0 radical (unpaired) electrons. The van der Waals surface area contributed by atoms with E-state index >= 15 is 0 Å². The van der Waals surface area contributed by atoms with Gasteiger partial charge in [-0.15, -0.1) is 0 Å². The molecule has 1 heterocycles. The van der Waals surface area contributed by atoms with Gasteiger partial charge in [0.05, 0.1) is 10.8 Å². The highest BCUT2D eigenvalue weighted by Crippen LogP contribution is 2.45. The van der Waals surface area contributed by atoms with Gasteiger partial charge in [0.25, 0.3) is 0 Å². The molecule has 1 aliphatic carbocycles. The van der Waals surface area contributed by atoms with Crippen molar-refractivity contribution in [1.29, 1.82) is 0 Å². The van der Waals surface area contributed by atoms with E-state index in [0.29, 0.717) is 19.4 Å². The lowest BCUT2D eigenvalue weighted by Gasteiger charge is -2.26. The molecule has 17 heavy (non-hydrogen) atoms. The molecule has 0 spiro atoms. The van der Waals surface area contributed by atoms with Crippen LogP contribution < -0.4 is 10.6 Å². The molecule has 0 aromatic heterocycles. The molecule has 3 N–H and O–H groups in total. The first kappa shape index (κ1) is 12.4. The Labute approximate surface area is 101 Å². The largest absolute Gasteiger partial charge is 0.481 e. The Morgan fingerprint density at radius 1 is 1.29 bits per heavy atom. The molecular weight excluding hydrogens is 220 g/mol. The zero-order valence-corrected chi connectivity index (χ0v) is 10.2. The zero-order chi connectivity index (χ0) is 12.5. The minimum atomic E-state index is -0.784. The monoisotopic (exact) mass is 240 g/mol. The smallest absolute Gasteiger partial charge is 0.311 e. The van der Waals surface area contributed by atoms with Gasteiger partial charge in [0.2, 0.25) is 5.91 Å². The first-order chi connectivity index (χ1) is 8.05. The number of amides is 1. The molecule has 1 saturated heterocycles. The first-order valence-corrected chi connectivity index (χ1v) is 6.27. The maximum Gasteiger partial charge on any atom is 0.311 e. The van der Waals surface area contributed by atoms with Crippen LogP contribution in [-0.4, -0.2) is 36.6 Å². The summed E-state index contributed by atoms with van der Waals surface area (Å²) in [6.45, 7) is 3.86. The number of rotatable bonds is 5. The summed E-state index contributed by atoms with van der Waals surface area (Å²) < 4.78 is 0. The number of carbonyl (C=O) groups is 2. The summed E-state index contributed by atoms with van der Waals surface area (Å²) in [6, 6.07) is 0. The third-order valence-electron chi connectivity index (χ3n) is 4.30. The van der Waals surface area contributed by atoms with Crippen LogP contribution in [0.5, 0.6) is 0 Å². The van der Waals surface area contributed by atoms with Crippen LogP contribution in [0.1, 0.15) is 32.6 Å². The van der Waals surface area contributed by atoms with Gasteiger partial charge in [-0.1, -0.05) is 6.92 Å². The Kier molecular flexibility index (Phi) is 3.12. The SMILES string of the molecule is CCC1(C(=O)NCC2(C(=O)O)CC2)CCNC1. The number of carbonyl (C=O) groups excluding carboxylic acids is 1. The molecule has 2 fully saturated rings. The molecular formula is C12H20N2O3. The van der Waals surface area contributed by atoms with Crippen LogP contribution in [0.3, 0.4) is 0 Å². The number of aliphatic carboxylic acids is 1. The van der Waals surface area contributed by atoms with Crippen LogP contribution in [0, 0.1) is 10.8 Å². The molecule has 5 heteroatoms. The Hall–Kier alpha value is -1.10. The average Bonchev–Trinajstić information content (AvgIpc) is 2.96. The molecule has 1 unspecified atom stereocenters. The highest BCUT2D eigenvalue weighted by atomic mass is 16.4. The Bertz CT molecular complexity index is 331. The third kappa shape index (κ3) is 2.16. The van der Waals surface area contributed by atoms with E-state index in [1.165, 1.54) is 0 Å². The van der Waals surface area contributed by atoms with E-state index in [1.807, 2.05) is 6.92 Å². The molecule has 2 aliphatic rings.